The summed E-state index contributed by atoms with van der Waals surface area (Å²) in [5.74, 6) is -0.486. The number of hydrogen-bond acceptors (Lipinski definition) is 4. The topological polar surface area (TPSA) is 104 Å². The van der Waals surface area contributed by atoms with Crippen molar-refractivity contribution in [2.24, 2.45) is 7.05 Å². The van der Waals surface area contributed by atoms with E-state index < -0.39 is 11.5 Å². The first-order valence-corrected chi connectivity index (χ1v) is 6.44. The highest BCUT2D eigenvalue weighted by Crippen LogP contribution is 2.24. The molecule has 7 nitrogen and oxygen atoms in total. The summed E-state index contributed by atoms with van der Waals surface area (Å²) in [4.78, 5) is 29.4. The normalized spacial score (nSPS) is 10.4. The van der Waals surface area contributed by atoms with Crippen LogP contribution in [0.25, 0.3) is 10.9 Å². The third-order valence-electron chi connectivity index (χ3n) is 3.28. The van der Waals surface area contributed by atoms with Crippen LogP contribution in [0.1, 0.15) is 16.1 Å². The van der Waals surface area contributed by atoms with Crippen LogP contribution < -0.4 is 10.9 Å². The predicted octanol–water partition coefficient (Wildman–Crippen LogP) is 1.39. The molecule has 2 N–H and O–H groups in total. The average molecular weight is 293 g/mol. The molecule has 3 aromatic rings. The first-order chi connectivity index (χ1) is 10.6. The fourth-order valence-electron chi connectivity index (χ4n) is 2.25. The predicted molar refractivity (Wildman–Crippen MR) is 80.4 cm³/mol. The zero-order chi connectivity index (χ0) is 15.7. The molecule has 0 bridgehead atoms. The second kappa shape index (κ2) is 5.18. The Morgan fingerprint density at radius 2 is 2.23 bits per heavy atom. The molecule has 0 spiro atoms. The van der Waals surface area contributed by atoms with Gasteiger partial charge in [0.25, 0.3) is 11.5 Å². The number of rotatable bonds is 2. The van der Waals surface area contributed by atoms with Crippen LogP contribution in [0.2, 0.25) is 0 Å². The van der Waals surface area contributed by atoms with Gasteiger partial charge < -0.3 is 14.9 Å². The number of carbonyl (C=O) groups is 1. The second-order valence-corrected chi connectivity index (χ2v) is 4.75. The van der Waals surface area contributed by atoms with Crippen molar-refractivity contribution in [3.8, 4) is 6.07 Å². The molecule has 0 saturated heterocycles. The number of nitrogens with zero attached hydrogens (tertiary/aromatic N) is 3. The molecular weight excluding hydrogens is 282 g/mol. The number of amides is 1. The molecule has 0 saturated carbocycles. The maximum atomic E-state index is 12.1. The fourth-order valence-corrected chi connectivity index (χ4v) is 2.25. The van der Waals surface area contributed by atoms with Gasteiger partial charge in [0, 0.05) is 35.9 Å². The standard InChI is InChI=1S/C15H11N5O2/c1-20-7-9(6-16)11-4-10(2-3-13(11)20)19-15(22)12-5-14(21)18-8-17-12/h2-5,7-8H,1H3,(H,19,22)(H,17,18,21). The van der Waals surface area contributed by atoms with Gasteiger partial charge in [0.1, 0.15) is 11.8 Å². The van der Waals surface area contributed by atoms with E-state index in [4.69, 9.17) is 5.26 Å². The van der Waals surface area contributed by atoms with Crippen molar-refractivity contribution in [1.82, 2.24) is 14.5 Å². The maximum absolute atomic E-state index is 12.1. The van der Waals surface area contributed by atoms with Crippen LogP contribution in [0.4, 0.5) is 5.69 Å². The van der Waals surface area contributed by atoms with Crippen molar-refractivity contribution in [3.05, 3.63) is 58.4 Å². The number of aryl methyl sites for hydroxylation is 1. The van der Waals surface area contributed by atoms with E-state index in [2.05, 4.69) is 21.4 Å². The van der Waals surface area contributed by atoms with E-state index in [1.807, 2.05) is 17.7 Å². The molecule has 0 atom stereocenters. The Kier molecular flexibility index (Phi) is 3.20. The molecule has 1 aromatic carbocycles. The zero-order valence-corrected chi connectivity index (χ0v) is 11.6. The smallest absolute Gasteiger partial charge is 0.274 e. The van der Waals surface area contributed by atoms with Gasteiger partial charge in [-0.25, -0.2) is 4.98 Å². The van der Waals surface area contributed by atoms with Gasteiger partial charge in [0.15, 0.2) is 0 Å². The highest BCUT2D eigenvalue weighted by molar-refractivity contribution is 6.04. The third kappa shape index (κ3) is 2.33. The van der Waals surface area contributed by atoms with Crippen LogP contribution in [-0.4, -0.2) is 20.4 Å². The van der Waals surface area contributed by atoms with Crippen LogP contribution in [-0.2, 0) is 7.05 Å². The summed E-state index contributed by atoms with van der Waals surface area (Å²) in [5, 5.41) is 12.5. The minimum atomic E-state index is -0.486. The maximum Gasteiger partial charge on any atom is 0.274 e. The van der Waals surface area contributed by atoms with Gasteiger partial charge in [-0.05, 0) is 18.2 Å². The van der Waals surface area contributed by atoms with Gasteiger partial charge in [0.2, 0.25) is 0 Å². The van der Waals surface area contributed by atoms with E-state index in [0.29, 0.717) is 11.3 Å². The Morgan fingerprint density at radius 1 is 1.41 bits per heavy atom. The Morgan fingerprint density at radius 3 is 2.95 bits per heavy atom. The van der Waals surface area contributed by atoms with Crippen LogP contribution in [0, 0.1) is 11.3 Å². The summed E-state index contributed by atoms with van der Waals surface area (Å²) in [5.41, 5.74) is 1.58. The number of benzene rings is 1. The molecule has 2 aromatic heterocycles. The number of anilines is 1. The summed E-state index contributed by atoms with van der Waals surface area (Å²) in [6.07, 6.45) is 2.90. The van der Waals surface area contributed by atoms with E-state index in [9.17, 15) is 9.59 Å². The van der Waals surface area contributed by atoms with Crippen molar-refractivity contribution in [2.45, 2.75) is 0 Å². The van der Waals surface area contributed by atoms with E-state index in [0.717, 1.165) is 17.0 Å². The molecule has 0 radical (unpaired) electrons. The Hall–Kier alpha value is -3.40. The fraction of sp³-hybridized carbons (Fsp3) is 0.0667. The lowest BCUT2D eigenvalue weighted by Crippen LogP contribution is -2.17. The molecule has 0 unspecified atom stereocenters. The van der Waals surface area contributed by atoms with Crippen LogP contribution in [0.3, 0.4) is 0 Å². The Bertz CT molecular complexity index is 977. The SMILES string of the molecule is Cn1cc(C#N)c2cc(NC(=O)c3cc(=O)[nH]cn3)ccc21. The molecule has 7 heteroatoms. The van der Waals surface area contributed by atoms with E-state index in [-0.39, 0.29) is 5.69 Å². The largest absolute Gasteiger partial charge is 0.349 e. The highest BCUT2D eigenvalue weighted by atomic mass is 16.2. The molecule has 0 aliphatic heterocycles. The van der Waals surface area contributed by atoms with Crippen LogP contribution in [0.15, 0.2) is 41.6 Å². The third-order valence-corrected chi connectivity index (χ3v) is 3.28. The number of aromatic amines is 1. The second-order valence-electron chi connectivity index (χ2n) is 4.75. The van der Waals surface area contributed by atoms with E-state index in [1.54, 1.807) is 18.3 Å². The number of nitriles is 1. The lowest BCUT2D eigenvalue weighted by Gasteiger charge is -2.05. The number of nitrogens with one attached hydrogen (secondary N) is 2. The van der Waals surface area contributed by atoms with Gasteiger partial charge in [-0.3, -0.25) is 9.59 Å². The first-order valence-electron chi connectivity index (χ1n) is 6.44. The van der Waals surface area contributed by atoms with Crippen molar-refractivity contribution in [3.63, 3.8) is 0 Å². The van der Waals surface area contributed by atoms with E-state index in [1.165, 1.54) is 6.33 Å². The van der Waals surface area contributed by atoms with Crippen LogP contribution >= 0.6 is 0 Å². The minimum Gasteiger partial charge on any atom is -0.349 e. The molecule has 3 rings (SSSR count). The van der Waals surface area contributed by atoms with Gasteiger partial charge in [-0.1, -0.05) is 0 Å². The molecular formula is C15H11N5O2. The zero-order valence-electron chi connectivity index (χ0n) is 11.6. The van der Waals surface area contributed by atoms with Crippen molar-refractivity contribution < 1.29 is 4.79 Å². The molecule has 1 amide bonds. The van der Waals surface area contributed by atoms with Gasteiger partial charge in [-0.15, -0.1) is 0 Å². The molecule has 22 heavy (non-hydrogen) atoms. The average Bonchev–Trinajstić information content (AvgIpc) is 2.83. The summed E-state index contributed by atoms with van der Waals surface area (Å²) in [6.45, 7) is 0. The lowest BCUT2D eigenvalue weighted by molar-refractivity contribution is 0.102. The summed E-state index contributed by atoms with van der Waals surface area (Å²) in [7, 11) is 1.85. The first kappa shape index (κ1) is 13.6. The summed E-state index contributed by atoms with van der Waals surface area (Å²) in [6, 6.07) is 8.51. The number of aromatic nitrogens is 3. The van der Waals surface area contributed by atoms with E-state index >= 15 is 0 Å². The Balaban J connectivity index is 1.96. The van der Waals surface area contributed by atoms with Crippen molar-refractivity contribution >= 4 is 22.5 Å². The molecule has 0 fully saturated rings. The number of hydrogen-bond donors (Lipinski definition) is 2. The number of carbonyl (C=O) groups excluding carboxylic acids is 1. The number of fused-ring (bicyclic) bond motifs is 1. The molecule has 2 heterocycles. The summed E-state index contributed by atoms with van der Waals surface area (Å²) >= 11 is 0. The lowest BCUT2D eigenvalue weighted by atomic mass is 10.1. The summed E-state index contributed by atoms with van der Waals surface area (Å²) < 4.78 is 1.85. The van der Waals surface area contributed by atoms with Gasteiger partial charge in [-0.2, -0.15) is 5.26 Å². The monoisotopic (exact) mass is 293 g/mol. The van der Waals surface area contributed by atoms with Gasteiger partial charge >= 0.3 is 0 Å². The molecule has 108 valence electrons. The number of H-pyrrole nitrogens is 1. The van der Waals surface area contributed by atoms with Crippen molar-refractivity contribution in [1.29, 1.82) is 5.26 Å². The Labute approximate surface area is 124 Å². The van der Waals surface area contributed by atoms with Gasteiger partial charge in [0.05, 0.1) is 11.9 Å². The molecule has 0 aliphatic rings. The molecule has 0 aliphatic carbocycles. The minimum absolute atomic E-state index is 0.0254. The van der Waals surface area contributed by atoms with Crippen LogP contribution in [0.5, 0.6) is 0 Å². The van der Waals surface area contributed by atoms with Crippen molar-refractivity contribution in [2.75, 3.05) is 5.32 Å². The quantitative estimate of drug-likeness (QED) is 0.745. The highest BCUT2D eigenvalue weighted by Gasteiger charge is 2.11.